The van der Waals surface area contributed by atoms with Gasteiger partial charge in [-0.05, 0) is 70.1 Å². The average molecular weight is 723 g/mol. The van der Waals surface area contributed by atoms with Crippen LogP contribution in [0.2, 0.25) is 0 Å². The van der Waals surface area contributed by atoms with Crippen LogP contribution >= 0.6 is 11.3 Å². The Kier molecular flexibility index (Phi) is 6.40. The molecule has 0 amide bonds. The smallest absolute Gasteiger partial charge is 0.227 e. The molecule has 8 aromatic carbocycles. The predicted molar refractivity (Wildman–Crippen MR) is 224 cm³/mol. The molecule has 4 heterocycles. The van der Waals surface area contributed by atoms with Crippen molar-refractivity contribution in [3.8, 4) is 45.6 Å². The third kappa shape index (κ3) is 4.73. The van der Waals surface area contributed by atoms with Gasteiger partial charge in [-0.25, -0.2) is 19.9 Å². The minimum Gasteiger partial charge on any atom is -0.456 e. The van der Waals surface area contributed by atoms with Crippen molar-refractivity contribution in [3.63, 3.8) is 0 Å². The zero-order chi connectivity index (χ0) is 36.0. The van der Waals surface area contributed by atoms with Gasteiger partial charge >= 0.3 is 0 Å². The Balaban J connectivity index is 1.08. The van der Waals surface area contributed by atoms with Gasteiger partial charge in [0.2, 0.25) is 5.89 Å². The van der Waals surface area contributed by atoms with Crippen molar-refractivity contribution in [2.24, 2.45) is 0 Å². The monoisotopic (exact) mass is 722 g/mol. The summed E-state index contributed by atoms with van der Waals surface area (Å²) in [5.41, 5.74) is 6.69. The maximum atomic E-state index is 6.63. The maximum absolute atomic E-state index is 6.63. The van der Waals surface area contributed by atoms with Crippen LogP contribution in [0.1, 0.15) is 0 Å². The first kappa shape index (κ1) is 30.3. The van der Waals surface area contributed by atoms with Crippen LogP contribution < -0.4 is 0 Å². The molecule has 0 aliphatic heterocycles. The summed E-state index contributed by atoms with van der Waals surface area (Å²) >= 11 is 1.78. The Bertz CT molecular complexity index is 3510. The van der Waals surface area contributed by atoms with Crippen LogP contribution in [0, 0.1) is 0 Å². The summed E-state index contributed by atoms with van der Waals surface area (Å²) in [6, 6.07) is 54.1. The summed E-state index contributed by atoms with van der Waals surface area (Å²) in [5.74, 6) is 2.42. The summed E-state index contributed by atoms with van der Waals surface area (Å²) in [6.07, 6.45) is 0. The van der Waals surface area contributed by atoms with E-state index in [1.807, 2.05) is 60.7 Å². The molecule has 0 unspecified atom stereocenters. The fourth-order valence-electron chi connectivity index (χ4n) is 7.94. The number of fused-ring (bicyclic) bond motifs is 11. The highest BCUT2D eigenvalue weighted by Crippen LogP contribution is 2.42. The Hall–Kier alpha value is -7.22. The molecule has 0 bridgehead atoms. The van der Waals surface area contributed by atoms with E-state index in [-0.39, 0.29) is 0 Å². The highest BCUT2D eigenvalue weighted by molar-refractivity contribution is 7.25. The molecule has 0 saturated carbocycles. The third-order valence-corrected chi connectivity index (χ3v) is 11.7. The van der Waals surface area contributed by atoms with E-state index in [9.17, 15) is 0 Å². The van der Waals surface area contributed by atoms with Gasteiger partial charge < -0.3 is 8.83 Å². The van der Waals surface area contributed by atoms with Gasteiger partial charge in [-0.15, -0.1) is 11.3 Å². The van der Waals surface area contributed by atoms with Crippen LogP contribution in [-0.4, -0.2) is 19.9 Å². The summed E-state index contributed by atoms with van der Waals surface area (Å²) in [6.45, 7) is 0. The number of nitrogens with zero attached hydrogens (tertiary/aromatic N) is 4. The molecule has 7 heteroatoms. The average Bonchev–Trinajstić information content (AvgIpc) is 3.97. The van der Waals surface area contributed by atoms with Crippen molar-refractivity contribution in [2.45, 2.75) is 0 Å². The molecular formula is C48H26N4O2S. The molecule has 4 aromatic heterocycles. The number of aromatic nitrogens is 4. The Morgan fingerprint density at radius 3 is 2.04 bits per heavy atom. The summed E-state index contributed by atoms with van der Waals surface area (Å²) in [5, 5.41) is 8.60. The largest absolute Gasteiger partial charge is 0.456 e. The minimum absolute atomic E-state index is 0.572. The molecule has 12 aromatic rings. The summed E-state index contributed by atoms with van der Waals surface area (Å²) in [4.78, 5) is 20.4. The van der Waals surface area contributed by atoms with Crippen LogP contribution in [0.25, 0.3) is 120 Å². The van der Waals surface area contributed by atoms with Gasteiger partial charge in [0.15, 0.2) is 23.1 Å². The summed E-state index contributed by atoms with van der Waals surface area (Å²) < 4.78 is 15.5. The van der Waals surface area contributed by atoms with Crippen LogP contribution in [0.15, 0.2) is 167 Å². The fraction of sp³-hybridized carbons (Fsp3) is 0. The lowest BCUT2D eigenvalue weighted by Gasteiger charge is -2.10. The number of furan rings is 1. The highest BCUT2D eigenvalue weighted by atomic mass is 32.1. The molecule has 6 nitrogen and oxygen atoms in total. The lowest BCUT2D eigenvalue weighted by atomic mass is 10.0. The van der Waals surface area contributed by atoms with Crippen LogP contribution in [0.5, 0.6) is 0 Å². The van der Waals surface area contributed by atoms with Crippen molar-refractivity contribution in [2.75, 3.05) is 0 Å². The van der Waals surface area contributed by atoms with Gasteiger partial charge in [0, 0.05) is 47.8 Å². The van der Waals surface area contributed by atoms with Gasteiger partial charge in [0.05, 0.1) is 5.39 Å². The van der Waals surface area contributed by atoms with Gasteiger partial charge in [-0.3, -0.25) is 0 Å². The lowest BCUT2D eigenvalue weighted by Crippen LogP contribution is -2.00. The van der Waals surface area contributed by atoms with Gasteiger partial charge in [0.1, 0.15) is 16.7 Å². The normalized spacial score (nSPS) is 12.0. The minimum atomic E-state index is 0.572. The number of oxazole rings is 1. The maximum Gasteiger partial charge on any atom is 0.227 e. The van der Waals surface area contributed by atoms with Crippen molar-refractivity contribution in [1.82, 2.24) is 19.9 Å². The summed E-state index contributed by atoms with van der Waals surface area (Å²) in [7, 11) is 0. The van der Waals surface area contributed by atoms with Crippen LogP contribution in [0.3, 0.4) is 0 Å². The Labute approximate surface area is 317 Å². The molecule has 0 aliphatic carbocycles. The third-order valence-electron chi connectivity index (χ3n) is 10.5. The van der Waals surface area contributed by atoms with Gasteiger partial charge in [0.25, 0.3) is 0 Å². The van der Waals surface area contributed by atoms with Gasteiger partial charge in [-0.2, -0.15) is 0 Å². The second-order valence-corrected chi connectivity index (χ2v) is 14.9. The lowest BCUT2D eigenvalue weighted by molar-refractivity contribution is 0.622. The van der Waals surface area contributed by atoms with E-state index in [0.717, 1.165) is 71.3 Å². The molecule has 0 atom stereocenters. The van der Waals surface area contributed by atoms with E-state index < -0.39 is 0 Å². The SMILES string of the molecule is c1ccc(-c2nc(-c3ccc4ccc5oc6ccc7nc(-c8ccc9ccccc9c8)oc7c6c5c4c3)nc(-c3cccc4sc5ccccc5c34)n2)cc1. The standard InChI is InChI=1S/C48H26N4O2S/c1-2-10-29(11-3-1)45-50-46(52-47(51-45)34-14-8-16-40-41(34)33-13-6-7-15-39(33)55-40)31-19-18-28-21-23-37-42(35(28)26-31)43-38(53-37)24-22-36-44(43)54-48(49-36)32-20-17-27-9-4-5-12-30(27)25-32/h1-26H. The molecule has 0 spiro atoms. The molecule has 12 rings (SSSR count). The molecular weight excluding hydrogens is 697 g/mol. The van der Waals surface area contributed by atoms with E-state index in [1.54, 1.807) is 11.3 Å². The number of thiophene rings is 1. The van der Waals surface area contributed by atoms with Crippen LogP contribution in [-0.2, 0) is 0 Å². The first-order chi connectivity index (χ1) is 27.2. The molecule has 0 N–H and O–H groups in total. The van der Waals surface area contributed by atoms with Crippen LogP contribution in [0.4, 0.5) is 0 Å². The number of rotatable bonds is 4. The molecule has 256 valence electrons. The topological polar surface area (TPSA) is 77.8 Å². The number of hydrogen-bond donors (Lipinski definition) is 0. The van der Waals surface area contributed by atoms with E-state index >= 15 is 0 Å². The highest BCUT2D eigenvalue weighted by Gasteiger charge is 2.21. The zero-order valence-corrected chi connectivity index (χ0v) is 29.8. The number of hydrogen-bond acceptors (Lipinski definition) is 7. The number of benzene rings is 8. The fourth-order valence-corrected chi connectivity index (χ4v) is 9.08. The first-order valence-corrected chi connectivity index (χ1v) is 18.9. The molecule has 0 radical (unpaired) electrons. The van der Waals surface area contributed by atoms with E-state index in [0.29, 0.717) is 28.9 Å². The van der Waals surface area contributed by atoms with Crippen molar-refractivity contribution in [1.29, 1.82) is 0 Å². The molecule has 0 aliphatic rings. The predicted octanol–water partition coefficient (Wildman–Crippen LogP) is 13.3. The van der Waals surface area contributed by atoms with Crippen molar-refractivity contribution >= 4 is 86.1 Å². The zero-order valence-electron chi connectivity index (χ0n) is 29.0. The molecule has 0 saturated heterocycles. The van der Waals surface area contributed by atoms with Crippen molar-refractivity contribution in [3.05, 3.63) is 158 Å². The van der Waals surface area contributed by atoms with E-state index in [4.69, 9.17) is 28.8 Å². The van der Waals surface area contributed by atoms with Gasteiger partial charge in [-0.1, -0.05) is 109 Å². The second kappa shape index (κ2) is 11.6. The Morgan fingerprint density at radius 1 is 0.400 bits per heavy atom. The van der Waals surface area contributed by atoms with Crippen molar-refractivity contribution < 1.29 is 8.83 Å². The quantitative estimate of drug-likeness (QED) is 0.180. The van der Waals surface area contributed by atoms with E-state index in [1.165, 1.54) is 20.2 Å². The first-order valence-electron chi connectivity index (χ1n) is 18.1. The molecule has 55 heavy (non-hydrogen) atoms. The second-order valence-electron chi connectivity index (χ2n) is 13.8. The van der Waals surface area contributed by atoms with E-state index in [2.05, 4.69) is 97.1 Å². The molecule has 0 fully saturated rings. The Morgan fingerprint density at radius 2 is 1.11 bits per heavy atom.